The molecule has 49 heavy (non-hydrogen) atoms. The van der Waals surface area contributed by atoms with Gasteiger partial charge in [-0.2, -0.15) is 23.0 Å². The number of nitrogens with one attached hydrogen (secondary N) is 3. The first-order chi connectivity index (χ1) is 23.3. The minimum Gasteiger partial charge on any atom is -0.618 e. The Labute approximate surface area is 281 Å². The van der Waals surface area contributed by atoms with Crippen molar-refractivity contribution in [3.05, 3.63) is 99.9 Å². The van der Waals surface area contributed by atoms with Crippen molar-refractivity contribution in [1.29, 1.82) is 0 Å². The number of carbonyl (C=O) groups excluding carboxylic acids is 2. The minimum atomic E-state index is -4.67. The molecule has 0 aliphatic carbocycles. The largest absolute Gasteiger partial charge is 0.618 e. The van der Waals surface area contributed by atoms with Crippen molar-refractivity contribution < 1.29 is 36.6 Å². The molecule has 1 aliphatic rings. The van der Waals surface area contributed by atoms with Crippen molar-refractivity contribution in [3.8, 4) is 28.1 Å². The highest BCUT2D eigenvalue weighted by molar-refractivity contribution is 6.31. The van der Waals surface area contributed by atoms with Crippen LogP contribution in [-0.2, 0) is 15.7 Å². The molecule has 4 heterocycles. The van der Waals surface area contributed by atoms with Gasteiger partial charge < -0.3 is 20.2 Å². The molecule has 0 unspecified atom stereocenters. The van der Waals surface area contributed by atoms with Gasteiger partial charge in [0.15, 0.2) is 12.0 Å². The van der Waals surface area contributed by atoms with Crippen LogP contribution in [0.1, 0.15) is 54.4 Å². The Morgan fingerprint density at radius 2 is 1.98 bits per heavy atom. The van der Waals surface area contributed by atoms with Crippen LogP contribution in [-0.4, -0.2) is 38.9 Å². The number of carbonyl (C=O) groups is 2. The third-order valence-corrected chi connectivity index (χ3v) is 8.47. The molecule has 0 saturated carbocycles. The van der Waals surface area contributed by atoms with E-state index >= 15 is 4.39 Å². The van der Waals surface area contributed by atoms with Gasteiger partial charge in [0.25, 0.3) is 0 Å². The molecule has 5 aromatic rings. The van der Waals surface area contributed by atoms with E-state index in [1.54, 1.807) is 25.1 Å². The van der Waals surface area contributed by atoms with Crippen LogP contribution in [0.15, 0.2) is 61.1 Å². The molecule has 3 aromatic heterocycles. The Hall–Kier alpha value is -5.44. The highest BCUT2D eigenvalue weighted by Gasteiger charge is 2.33. The van der Waals surface area contributed by atoms with Gasteiger partial charge in [0.1, 0.15) is 11.7 Å². The van der Waals surface area contributed by atoms with E-state index in [0.717, 1.165) is 17.1 Å². The second-order valence-electron chi connectivity index (χ2n) is 11.4. The molecular formula is C33H28ClF4N7O4. The summed E-state index contributed by atoms with van der Waals surface area (Å²) in [6.07, 6.45) is -1.22. The Morgan fingerprint density at radius 1 is 1.18 bits per heavy atom. The van der Waals surface area contributed by atoms with Gasteiger partial charge in [-0.15, -0.1) is 0 Å². The van der Waals surface area contributed by atoms with Gasteiger partial charge >= 0.3 is 12.3 Å². The van der Waals surface area contributed by atoms with E-state index in [1.165, 1.54) is 31.4 Å². The molecule has 2 amide bonds. The van der Waals surface area contributed by atoms with E-state index in [9.17, 15) is 28.0 Å². The first-order valence-corrected chi connectivity index (χ1v) is 15.4. The van der Waals surface area contributed by atoms with Gasteiger partial charge in [0.2, 0.25) is 11.6 Å². The van der Waals surface area contributed by atoms with Crippen molar-refractivity contribution in [2.75, 3.05) is 17.7 Å². The maximum atomic E-state index is 15.5. The standard InChI is InChI=1S/C33H28ClF4N7O4/c1-17-30-21-9-8-20(41-32(47)49-2)13-24(21)42-27(46)6-4-3-5-22(31(40-17)43-30)25-11-7-18(15-45(25)48)28-26(12-10-23(34)29(28)35)44-16-19(14-39-44)33(36,37)38/h7-16,22H,3-6H2,1-2H3,(H,40,43)(H,41,47)(H,42,46)/t22-/m1/s1. The fourth-order valence-corrected chi connectivity index (χ4v) is 5.96. The third-order valence-electron chi connectivity index (χ3n) is 8.18. The predicted molar refractivity (Wildman–Crippen MR) is 172 cm³/mol. The molecule has 0 saturated heterocycles. The number of nitrogens with zero attached hydrogens (tertiary/aromatic N) is 4. The fourth-order valence-electron chi connectivity index (χ4n) is 5.80. The van der Waals surface area contributed by atoms with Gasteiger partial charge in [-0.1, -0.05) is 18.0 Å². The topological polar surface area (TPSA) is 141 Å². The number of pyridine rings is 1. The average Bonchev–Trinajstić information content (AvgIpc) is 3.70. The highest BCUT2D eigenvalue weighted by atomic mass is 35.5. The molecule has 0 fully saturated rings. The van der Waals surface area contributed by atoms with Crippen LogP contribution in [0.4, 0.5) is 33.7 Å². The number of hydrogen-bond donors (Lipinski definition) is 3. The Bertz CT molecular complexity index is 2080. The number of halogens is 5. The van der Waals surface area contributed by atoms with Gasteiger partial charge in [-0.05, 0) is 56.2 Å². The summed E-state index contributed by atoms with van der Waals surface area (Å²) >= 11 is 6.07. The zero-order chi connectivity index (χ0) is 35.0. The van der Waals surface area contributed by atoms with Crippen LogP contribution in [0.5, 0.6) is 0 Å². The quantitative estimate of drug-likeness (QED) is 0.101. The summed E-state index contributed by atoms with van der Waals surface area (Å²) in [5.41, 5.74) is 1.59. The molecule has 2 bridgehead atoms. The third kappa shape index (κ3) is 6.79. The Balaban J connectivity index is 1.41. The highest BCUT2D eigenvalue weighted by Crippen LogP contribution is 2.38. The number of imidazole rings is 1. The van der Waals surface area contributed by atoms with Crippen LogP contribution in [0.25, 0.3) is 28.1 Å². The van der Waals surface area contributed by atoms with Crippen molar-refractivity contribution in [3.63, 3.8) is 0 Å². The van der Waals surface area contributed by atoms with Crippen molar-refractivity contribution in [2.24, 2.45) is 0 Å². The molecular weight excluding hydrogens is 670 g/mol. The number of methoxy groups -OCH3 is 1. The van der Waals surface area contributed by atoms with Gasteiger partial charge in [0.05, 0.1) is 52.1 Å². The fraction of sp³-hybridized carbons (Fsp3) is 0.242. The smallest absolute Gasteiger partial charge is 0.419 e. The lowest BCUT2D eigenvalue weighted by atomic mass is 9.94. The van der Waals surface area contributed by atoms with Crippen LogP contribution >= 0.6 is 11.6 Å². The van der Waals surface area contributed by atoms with Crippen molar-refractivity contribution in [2.45, 2.75) is 44.7 Å². The van der Waals surface area contributed by atoms with E-state index in [0.29, 0.717) is 64.3 Å². The number of ether oxygens (including phenoxy) is 1. The van der Waals surface area contributed by atoms with Gasteiger partial charge in [0, 0.05) is 35.6 Å². The van der Waals surface area contributed by atoms with E-state index < -0.39 is 29.6 Å². The number of aromatic nitrogens is 5. The second-order valence-corrected chi connectivity index (χ2v) is 11.8. The number of alkyl halides is 3. The molecule has 1 atom stereocenters. The number of rotatable bonds is 4. The van der Waals surface area contributed by atoms with Crippen LogP contribution in [0.2, 0.25) is 5.02 Å². The number of aromatic amines is 1. The summed E-state index contributed by atoms with van der Waals surface area (Å²) in [4.78, 5) is 32.8. The molecule has 254 valence electrons. The number of hydrogen-bond acceptors (Lipinski definition) is 6. The lowest BCUT2D eigenvalue weighted by Gasteiger charge is -2.17. The lowest BCUT2D eigenvalue weighted by Crippen LogP contribution is -2.34. The van der Waals surface area contributed by atoms with E-state index in [1.807, 2.05) is 0 Å². The molecule has 0 radical (unpaired) electrons. The molecule has 11 nitrogen and oxygen atoms in total. The van der Waals surface area contributed by atoms with Gasteiger partial charge in [-0.3, -0.25) is 10.1 Å². The number of anilines is 2. The minimum absolute atomic E-state index is 0.0515. The summed E-state index contributed by atoms with van der Waals surface area (Å²) in [5, 5.41) is 22.7. The first-order valence-electron chi connectivity index (χ1n) is 15.0. The molecule has 6 rings (SSSR count). The normalized spacial score (nSPS) is 15.1. The van der Waals surface area contributed by atoms with Crippen molar-refractivity contribution >= 4 is 35.0 Å². The second kappa shape index (κ2) is 13.2. The first kappa shape index (κ1) is 33.5. The van der Waals surface area contributed by atoms with Crippen LogP contribution in [0, 0.1) is 17.9 Å². The maximum absolute atomic E-state index is 15.5. The van der Waals surface area contributed by atoms with Crippen molar-refractivity contribution in [1.82, 2.24) is 19.7 Å². The summed E-state index contributed by atoms with van der Waals surface area (Å²) in [6, 6.07) is 10.4. The summed E-state index contributed by atoms with van der Waals surface area (Å²) in [7, 11) is 1.24. The van der Waals surface area contributed by atoms with E-state index in [4.69, 9.17) is 16.6 Å². The molecule has 2 aromatic carbocycles. The SMILES string of the molecule is COC(=O)Nc1ccc2c(c1)NC(=O)CCCC[C@H](c1ccc(-c3c(-n4cc(C(F)(F)F)cn4)ccc(Cl)c3F)c[n+]1[O-])c1nc-2c(C)[nH]1. The van der Waals surface area contributed by atoms with Crippen LogP contribution in [0.3, 0.4) is 0 Å². The summed E-state index contributed by atoms with van der Waals surface area (Å²) in [5.74, 6) is -1.28. The number of H-pyrrole nitrogens is 1. The zero-order valence-corrected chi connectivity index (χ0v) is 26.7. The molecule has 0 spiro atoms. The van der Waals surface area contributed by atoms with Gasteiger partial charge in [-0.25, -0.2) is 18.9 Å². The monoisotopic (exact) mass is 697 g/mol. The van der Waals surface area contributed by atoms with E-state index in [2.05, 4.69) is 25.5 Å². The number of fused-ring (bicyclic) bond motifs is 4. The molecule has 3 N–H and O–H groups in total. The summed E-state index contributed by atoms with van der Waals surface area (Å²) < 4.78 is 61.6. The predicted octanol–water partition coefficient (Wildman–Crippen LogP) is 7.51. The number of aryl methyl sites for hydroxylation is 1. The molecule has 1 aliphatic heterocycles. The lowest BCUT2D eigenvalue weighted by molar-refractivity contribution is -0.614. The Morgan fingerprint density at radius 3 is 2.69 bits per heavy atom. The number of benzene rings is 2. The zero-order valence-electron chi connectivity index (χ0n) is 26.0. The van der Waals surface area contributed by atoms with Crippen LogP contribution < -0.4 is 15.4 Å². The molecule has 16 heteroatoms. The number of amides is 2. The average molecular weight is 698 g/mol. The maximum Gasteiger partial charge on any atom is 0.419 e. The Kier molecular flexibility index (Phi) is 9.03. The van der Waals surface area contributed by atoms with E-state index in [-0.39, 0.29) is 39.9 Å². The summed E-state index contributed by atoms with van der Waals surface area (Å²) in [6.45, 7) is 1.80.